The Hall–Kier alpha value is -2.03. The van der Waals surface area contributed by atoms with E-state index in [1.54, 1.807) is 18.6 Å². The molecule has 0 unspecified atom stereocenters. The molecular weight excluding hydrogens is 186 g/mol. The number of hydrogen-bond acceptors (Lipinski definition) is 3. The fourth-order valence-electron chi connectivity index (χ4n) is 1.97. The molecule has 0 N–H and O–H groups in total. The highest BCUT2D eigenvalue weighted by Crippen LogP contribution is 2.40. The smallest absolute Gasteiger partial charge is 0.116 e. The molecule has 2 heterocycles. The number of rotatable bonds is 0. The lowest BCUT2D eigenvalue weighted by atomic mass is 10.1. The first-order chi connectivity index (χ1) is 7.29. The van der Waals surface area contributed by atoms with Gasteiger partial charge in [0.2, 0.25) is 0 Å². The second kappa shape index (κ2) is 2.73. The van der Waals surface area contributed by atoms with Gasteiger partial charge >= 0.3 is 0 Å². The summed E-state index contributed by atoms with van der Waals surface area (Å²) < 4.78 is 0. The van der Waals surface area contributed by atoms with Crippen LogP contribution < -0.4 is 0 Å². The van der Waals surface area contributed by atoms with E-state index in [0.29, 0.717) is 0 Å². The van der Waals surface area contributed by atoms with E-state index in [1.165, 1.54) is 5.56 Å². The highest BCUT2D eigenvalue weighted by molar-refractivity contribution is 5.96. The molecule has 3 rings (SSSR count). The summed E-state index contributed by atoms with van der Waals surface area (Å²) in [6.07, 6.45) is 5.17. The van der Waals surface area contributed by atoms with Crippen molar-refractivity contribution in [3.05, 3.63) is 48.1 Å². The molecule has 2 aromatic rings. The van der Waals surface area contributed by atoms with Crippen LogP contribution in [0.4, 0.5) is 0 Å². The van der Waals surface area contributed by atoms with Crippen molar-refractivity contribution >= 4 is 5.57 Å². The van der Waals surface area contributed by atoms with Gasteiger partial charge in [-0.3, -0.25) is 15.0 Å². The van der Waals surface area contributed by atoms with Crippen LogP contribution in [0.25, 0.3) is 17.0 Å². The molecule has 0 saturated carbocycles. The zero-order valence-corrected chi connectivity index (χ0v) is 8.36. The second-order valence-corrected chi connectivity index (χ2v) is 3.58. The lowest BCUT2D eigenvalue weighted by molar-refractivity contribution is 1.17. The number of hydrogen-bond donors (Lipinski definition) is 0. The van der Waals surface area contributed by atoms with E-state index < -0.39 is 0 Å². The molecule has 0 atom stereocenters. The number of aromatic nitrogens is 3. The van der Waals surface area contributed by atoms with Crippen molar-refractivity contribution in [3.63, 3.8) is 0 Å². The third-order valence-corrected chi connectivity index (χ3v) is 2.67. The fourth-order valence-corrected chi connectivity index (χ4v) is 1.97. The van der Waals surface area contributed by atoms with Gasteiger partial charge in [-0.2, -0.15) is 0 Å². The second-order valence-electron chi connectivity index (χ2n) is 3.58. The summed E-state index contributed by atoms with van der Waals surface area (Å²) in [6.45, 7) is 6.11. The largest absolute Gasteiger partial charge is 0.254 e. The molecule has 0 aromatic carbocycles. The summed E-state index contributed by atoms with van der Waals surface area (Å²) in [5.41, 5.74) is 5.79. The molecule has 3 nitrogen and oxygen atoms in total. The zero-order valence-electron chi connectivity index (χ0n) is 8.36. The van der Waals surface area contributed by atoms with Crippen molar-refractivity contribution in [2.24, 2.45) is 0 Å². The van der Waals surface area contributed by atoms with E-state index in [4.69, 9.17) is 0 Å². The quantitative estimate of drug-likeness (QED) is 0.552. The standard InChI is InChI=1S/C12H9N3/c1-7-3-4-13-11-9(7)8(2)10-12(11)15-6-5-14-10/h3-6H,2H2,1H3. The average Bonchev–Trinajstić information content (AvgIpc) is 2.55. The first kappa shape index (κ1) is 8.29. The first-order valence-corrected chi connectivity index (χ1v) is 4.75. The normalized spacial score (nSPS) is 12.5. The van der Waals surface area contributed by atoms with Crippen LogP contribution in [-0.2, 0) is 0 Å². The van der Waals surface area contributed by atoms with E-state index in [2.05, 4.69) is 28.5 Å². The maximum absolute atomic E-state index is 4.35. The molecule has 15 heavy (non-hydrogen) atoms. The molecule has 0 amide bonds. The van der Waals surface area contributed by atoms with E-state index in [9.17, 15) is 0 Å². The van der Waals surface area contributed by atoms with Crippen LogP contribution >= 0.6 is 0 Å². The Kier molecular flexibility index (Phi) is 1.51. The molecule has 0 bridgehead atoms. The minimum Gasteiger partial charge on any atom is -0.254 e. The average molecular weight is 195 g/mol. The van der Waals surface area contributed by atoms with E-state index in [1.807, 2.05) is 6.07 Å². The predicted octanol–water partition coefficient (Wildman–Crippen LogP) is 2.22. The number of pyridine rings is 1. The van der Waals surface area contributed by atoms with Gasteiger partial charge in [-0.15, -0.1) is 0 Å². The SMILES string of the molecule is C=C1c2nccnc2-c2nccc(C)c21. The number of nitrogens with zero attached hydrogens (tertiary/aromatic N) is 3. The molecule has 0 radical (unpaired) electrons. The Morgan fingerprint density at radius 1 is 0.933 bits per heavy atom. The van der Waals surface area contributed by atoms with Crippen LogP contribution in [0.2, 0.25) is 0 Å². The molecule has 0 aliphatic heterocycles. The van der Waals surface area contributed by atoms with Gasteiger partial charge in [0, 0.05) is 29.7 Å². The Morgan fingerprint density at radius 2 is 1.60 bits per heavy atom. The molecule has 2 aromatic heterocycles. The molecule has 0 saturated heterocycles. The molecule has 3 heteroatoms. The van der Waals surface area contributed by atoms with E-state index in [-0.39, 0.29) is 0 Å². The molecule has 72 valence electrons. The Bertz CT molecular complexity index is 573. The van der Waals surface area contributed by atoms with Gasteiger partial charge in [0.1, 0.15) is 5.69 Å². The van der Waals surface area contributed by atoms with Gasteiger partial charge in [-0.1, -0.05) is 6.58 Å². The Labute approximate surface area is 87.5 Å². The molecular formula is C12H9N3. The van der Waals surface area contributed by atoms with Gasteiger partial charge in [0.05, 0.1) is 11.4 Å². The monoisotopic (exact) mass is 195 g/mol. The minimum atomic E-state index is 0.848. The number of aryl methyl sites for hydroxylation is 1. The maximum Gasteiger partial charge on any atom is 0.116 e. The molecule has 1 aliphatic rings. The van der Waals surface area contributed by atoms with Gasteiger partial charge in [-0.05, 0) is 18.6 Å². The summed E-state index contributed by atoms with van der Waals surface area (Å²) in [7, 11) is 0. The fraction of sp³-hybridized carbons (Fsp3) is 0.0833. The summed E-state index contributed by atoms with van der Waals surface area (Å²) in [5, 5.41) is 0. The Balaban J connectivity index is 2.43. The van der Waals surface area contributed by atoms with Crippen LogP contribution in [0.3, 0.4) is 0 Å². The highest BCUT2D eigenvalue weighted by atomic mass is 14.9. The van der Waals surface area contributed by atoms with Crippen molar-refractivity contribution in [2.45, 2.75) is 6.92 Å². The van der Waals surface area contributed by atoms with Crippen LogP contribution in [-0.4, -0.2) is 15.0 Å². The lowest BCUT2D eigenvalue weighted by Gasteiger charge is -2.01. The summed E-state index contributed by atoms with van der Waals surface area (Å²) in [5.74, 6) is 0. The van der Waals surface area contributed by atoms with Gasteiger partial charge < -0.3 is 0 Å². The van der Waals surface area contributed by atoms with Crippen LogP contribution in [0.1, 0.15) is 16.8 Å². The van der Waals surface area contributed by atoms with Gasteiger partial charge in [-0.25, -0.2) is 0 Å². The number of fused-ring (bicyclic) bond motifs is 3. The summed E-state index contributed by atoms with van der Waals surface area (Å²) in [4.78, 5) is 12.9. The minimum absolute atomic E-state index is 0.848. The predicted molar refractivity (Wildman–Crippen MR) is 58.1 cm³/mol. The third kappa shape index (κ3) is 0.973. The van der Waals surface area contributed by atoms with Crippen LogP contribution in [0.5, 0.6) is 0 Å². The van der Waals surface area contributed by atoms with Crippen molar-refractivity contribution in [1.29, 1.82) is 0 Å². The van der Waals surface area contributed by atoms with Crippen molar-refractivity contribution in [3.8, 4) is 11.4 Å². The molecule has 0 spiro atoms. The van der Waals surface area contributed by atoms with Crippen molar-refractivity contribution < 1.29 is 0 Å². The maximum atomic E-state index is 4.35. The van der Waals surface area contributed by atoms with E-state index in [0.717, 1.165) is 28.2 Å². The van der Waals surface area contributed by atoms with Gasteiger partial charge in [0.15, 0.2) is 0 Å². The first-order valence-electron chi connectivity index (χ1n) is 4.75. The highest BCUT2D eigenvalue weighted by Gasteiger charge is 2.26. The lowest BCUT2D eigenvalue weighted by Crippen LogP contribution is -1.88. The zero-order chi connectivity index (χ0) is 10.4. The van der Waals surface area contributed by atoms with Crippen LogP contribution in [0, 0.1) is 6.92 Å². The van der Waals surface area contributed by atoms with Crippen molar-refractivity contribution in [2.75, 3.05) is 0 Å². The molecule has 0 fully saturated rings. The topological polar surface area (TPSA) is 38.7 Å². The van der Waals surface area contributed by atoms with Crippen LogP contribution in [0.15, 0.2) is 31.2 Å². The summed E-state index contributed by atoms with van der Waals surface area (Å²) >= 11 is 0. The Morgan fingerprint density at radius 3 is 2.40 bits per heavy atom. The molecule has 1 aliphatic carbocycles. The third-order valence-electron chi connectivity index (χ3n) is 2.67. The summed E-state index contributed by atoms with van der Waals surface area (Å²) in [6, 6.07) is 1.98. The van der Waals surface area contributed by atoms with Gasteiger partial charge in [0.25, 0.3) is 0 Å². The van der Waals surface area contributed by atoms with E-state index >= 15 is 0 Å². The van der Waals surface area contributed by atoms with Crippen molar-refractivity contribution in [1.82, 2.24) is 15.0 Å².